The third kappa shape index (κ3) is 2.47. The standard InChI is InChI=1S/C10H11ClN2S/c1-6(10(13)14)9(12)7-2-4-8(11)5-3-7/h2-5H,12H2,1H3,(H2,13,14)/b9-6-. The molecule has 0 saturated heterocycles. The number of benzene rings is 1. The fraction of sp³-hybridized carbons (Fsp3) is 0.100. The molecule has 1 aromatic carbocycles. The van der Waals surface area contributed by atoms with Gasteiger partial charge in [-0.25, -0.2) is 0 Å². The van der Waals surface area contributed by atoms with E-state index in [1.165, 1.54) is 0 Å². The molecule has 0 amide bonds. The molecule has 0 atom stereocenters. The zero-order valence-electron chi connectivity index (χ0n) is 7.75. The van der Waals surface area contributed by atoms with Crippen LogP contribution in [0.5, 0.6) is 0 Å². The zero-order chi connectivity index (χ0) is 10.7. The lowest BCUT2D eigenvalue weighted by atomic mass is 10.1. The van der Waals surface area contributed by atoms with Gasteiger partial charge >= 0.3 is 0 Å². The Hall–Kier alpha value is -1.06. The maximum Gasteiger partial charge on any atom is 0.101 e. The minimum absolute atomic E-state index is 0.317. The van der Waals surface area contributed by atoms with Crippen molar-refractivity contribution < 1.29 is 0 Å². The molecule has 1 rings (SSSR count). The van der Waals surface area contributed by atoms with Crippen molar-refractivity contribution in [3.63, 3.8) is 0 Å². The predicted molar refractivity (Wildman–Crippen MR) is 65.0 cm³/mol. The number of nitrogens with two attached hydrogens (primary N) is 2. The quantitative estimate of drug-likeness (QED) is 0.601. The molecule has 0 radical (unpaired) electrons. The second kappa shape index (κ2) is 4.44. The third-order valence-electron chi connectivity index (χ3n) is 1.93. The van der Waals surface area contributed by atoms with Gasteiger partial charge in [-0.2, -0.15) is 0 Å². The number of halogens is 1. The molecule has 0 spiro atoms. The normalized spacial score (nSPS) is 12.1. The van der Waals surface area contributed by atoms with Gasteiger partial charge < -0.3 is 11.5 Å². The van der Waals surface area contributed by atoms with Gasteiger partial charge in [-0.1, -0.05) is 36.0 Å². The summed E-state index contributed by atoms with van der Waals surface area (Å²) in [6, 6.07) is 7.21. The van der Waals surface area contributed by atoms with Gasteiger partial charge in [-0.15, -0.1) is 0 Å². The van der Waals surface area contributed by atoms with Crippen LogP contribution in [-0.4, -0.2) is 4.99 Å². The minimum Gasteiger partial charge on any atom is -0.398 e. The summed E-state index contributed by atoms with van der Waals surface area (Å²) >= 11 is 10.6. The van der Waals surface area contributed by atoms with Crippen LogP contribution in [0, 0.1) is 0 Å². The molecule has 1 aromatic rings. The molecule has 0 aliphatic carbocycles. The van der Waals surface area contributed by atoms with Gasteiger partial charge in [0.05, 0.1) is 0 Å². The van der Waals surface area contributed by atoms with Crippen LogP contribution < -0.4 is 11.5 Å². The highest BCUT2D eigenvalue weighted by Gasteiger charge is 2.03. The Morgan fingerprint density at radius 2 is 1.71 bits per heavy atom. The van der Waals surface area contributed by atoms with E-state index in [1.54, 1.807) is 19.1 Å². The summed E-state index contributed by atoms with van der Waals surface area (Å²) in [6.07, 6.45) is 0. The van der Waals surface area contributed by atoms with E-state index in [1.807, 2.05) is 12.1 Å². The maximum absolute atomic E-state index is 5.86. The minimum atomic E-state index is 0.317. The molecular formula is C10H11ClN2S. The van der Waals surface area contributed by atoms with E-state index in [9.17, 15) is 0 Å². The van der Waals surface area contributed by atoms with Crippen LogP contribution in [0.2, 0.25) is 5.02 Å². The molecular weight excluding hydrogens is 216 g/mol. The topological polar surface area (TPSA) is 52.0 Å². The molecule has 74 valence electrons. The van der Waals surface area contributed by atoms with Crippen molar-refractivity contribution in [1.29, 1.82) is 0 Å². The number of thiocarbonyl (C=S) groups is 1. The van der Waals surface area contributed by atoms with Crippen molar-refractivity contribution in [1.82, 2.24) is 0 Å². The molecule has 0 aliphatic heterocycles. The predicted octanol–water partition coefficient (Wildman–Crippen LogP) is 2.32. The van der Waals surface area contributed by atoms with E-state index < -0.39 is 0 Å². The molecule has 0 aromatic heterocycles. The summed E-state index contributed by atoms with van der Waals surface area (Å²) < 4.78 is 0. The van der Waals surface area contributed by atoms with Crippen molar-refractivity contribution in [3.05, 3.63) is 40.4 Å². The van der Waals surface area contributed by atoms with Crippen LogP contribution in [0.1, 0.15) is 12.5 Å². The summed E-state index contributed by atoms with van der Waals surface area (Å²) in [4.78, 5) is 0.317. The number of rotatable bonds is 2. The number of hydrogen-bond acceptors (Lipinski definition) is 2. The number of hydrogen-bond donors (Lipinski definition) is 2. The molecule has 0 bridgehead atoms. The third-order valence-corrected chi connectivity index (χ3v) is 2.49. The molecule has 0 heterocycles. The Kier molecular flexibility index (Phi) is 3.49. The van der Waals surface area contributed by atoms with Crippen LogP contribution >= 0.6 is 23.8 Å². The van der Waals surface area contributed by atoms with E-state index in [2.05, 4.69) is 0 Å². The van der Waals surface area contributed by atoms with Crippen molar-refractivity contribution in [2.75, 3.05) is 0 Å². The highest BCUT2D eigenvalue weighted by molar-refractivity contribution is 7.80. The van der Waals surface area contributed by atoms with E-state index in [0.29, 0.717) is 15.7 Å². The first-order chi connectivity index (χ1) is 6.52. The molecule has 0 aliphatic rings. The Morgan fingerprint density at radius 3 is 2.14 bits per heavy atom. The van der Waals surface area contributed by atoms with Crippen molar-refractivity contribution in [2.45, 2.75) is 6.92 Å². The average Bonchev–Trinajstić information content (AvgIpc) is 2.16. The van der Waals surface area contributed by atoms with E-state index in [0.717, 1.165) is 11.1 Å². The van der Waals surface area contributed by atoms with Crippen LogP contribution in [0.25, 0.3) is 5.70 Å². The Morgan fingerprint density at radius 1 is 1.21 bits per heavy atom. The zero-order valence-corrected chi connectivity index (χ0v) is 9.32. The first-order valence-corrected chi connectivity index (χ1v) is 4.83. The first kappa shape index (κ1) is 11.0. The van der Waals surface area contributed by atoms with Crippen molar-refractivity contribution >= 4 is 34.5 Å². The van der Waals surface area contributed by atoms with Crippen molar-refractivity contribution in [2.24, 2.45) is 11.5 Å². The van der Waals surface area contributed by atoms with E-state index >= 15 is 0 Å². The highest BCUT2D eigenvalue weighted by Crippen LogP contribution is 2.16. The van der Waals surface area contributed by atoms with E-state index in [4.69, 9.17) is 35.3 Å². The summed E-state index contributed by atoms with van der Waals surface area (Å²) in [7, 11) is 0. The molecule has 0 saturated carbocycles. The van der Waals surface area contributed by atoms with Gasteiger partial charge in [0.2, 0.25) is 0 Å². The van der Waals surface area contributed by atoms with Crippen LogP contribution in [0.15, 0.2) is 29.8 Å². The Bertz CT molecular complexity index is 382. The average molecular weight is 227 g/mol. The monoisotopic (exact) mass is 226 g/mol. The Balaban J connectivity index is 3.12. The fourth-order valence-corrected chi connectivity index (χ4v) is 1.21. The highest BCUT2D eigenvalue weighted by atomic mass is 35.5. The van der Waals surface area contributed by atoms with Crippen molar-refractivity contribution in [3.8, 4) is 0 Å². The van der Waals surface area contributed by atoms with Crippen LogP contribution in [-0.2, 0) is 0 Å². The molecule has 4 N–H and O–H groups in total. The first-order valence-electron chi connectivity index (χ1n) is 4.04. The fourth-order valence-electron chi connectivity index (χ4n) is 0.979. The smallest absolute Gasteiger partial charge is 0.101 e. The summed E-state index contributed by atoms with van der Waals surface area (Å²) in [5.74, 6) is 0. The lowest BCUT2D eigenvalue weighted by Gasteiger charge is -2.06. The molecule has 14 heavy (non-hydrogen) atoms. The van der Waals surface area contributed by atoms with Gasteiger partial charge in [-0.05, 0) is 24.6 Å². The van der Waals surface area contributed by atoms with Gasteiger partial charge in [0.1, 0.15) is 4.99 Å². The lowest BCUT2D eigenvalue weighted by molar-refractivity contribution is 1.44. The van der Waals surface area contributed by atoms with E-state index in [-0.39, 0.29) is 0 Å². The molecule has 2 nitrogen and oxygen atoms in total. The SMILES string of the molecule is C/C(C(N)=S)=C(/N)c1ccc(Cl)cc1. The maximum atomic E-state index is 5.86. The van der Waals surface area contributed by atoms with Gasteiger partial charge in [-0.3, -0.25) is 0 Å². The Labute approximate surface area is 93.5 Å². The van der Waals surface area contributed by atoms with Crippen LogP contribution in [0.4, 0.5) is 0 Å². The lowest BCUT2D eigenvalue weighted by Crippen LogP contribution is -2.14. The largest absolute Gasteiger partial charge is 0.398 e. The summed E-state index contributed by atoms with van der Waals surface area (Å²) in [5.41, 5.74) is 13.5. The van der Waals surface area contributed by atoms with Crippen LogP contribution in [0.3, 0.4) is 0 Å². The molecule has 0 unspecified atom stereocenters. The second-order valence-corrected chi connectivity index (χ2v) is 3.79. The summed E-state index contributed by atoms with van der Waals surface area (Å²) in [5, 5.41) is 0.675. The van der Waals surface area contributed by atoms with Gasteiger partial charge in [0, 0.05) is 16.3 Å². The summed E-state index contributed by atoms with van der Waals surface area (Å²) in [6.45, 7) is 1.80. The second-order valence-electron chi connectivity index (χ2n) is 2.91. The molecule has 0 fully saturated rings. The molecule has 4 heteroatoms. The van der Waals surface area contributed by atoms with Gasteiger partial charge in [0.25, 0.3) is 0 Å². The van der Waals surface area contributed by atoms with Gasteiger partial charge in [0.15, 0.2) is 0 Å².